The maximum Gasteiger partial charge on any atom is 0.331 e. The topological polar surface area (TPSA) is 38.3 Å². The summed E-state index contributed by atoms with van der Waals surface area (Å²) in [5.41, 5.74) is -0.0891. The van der Waals surface area contributed by atoms with Crippen LogP contribution >= 0.6 is 0 Å². The first kappa shape index (κ1) is 14.8. The maximum absolute atomic E-state index is 13.3. The van der Waals surface area contributed by atoms with Gasteiger partial charge in [0.2, 0.25) is 0 Å². The minimum absolute atomic E-state index is 0.250. The molecule has 2 atom stereocenters. The molecule has 20 heavy (non-hydrogen) atoms. The van der Waals surface area contributed by atoms with Gasteiger partial charge in [0, 0.05) is 5.69 Å². The standard InChI is InChI=1S/C16H22FNO2/c1-3-12-6-5-9-16(11-12,15(19)20-2)18-14-8-4-7-13(17)10-14/h4,7-8,10,12,18H,3,5-6,9,11H2,1-2H3. The predicted molar refractivity (Wildman–Crippen MR) is 77.0 cm³/mol. The van der Waals surface area contributed by atoms with Crippen LogP contribution in [0.15, 0.2) is 24.3 Å². The van der Waals surface area contributed by atoms with Gasteiger partial charge < -0.3 is 10.1 Å². The Kier molecular flexibility index (Phi) is 4.63. The van der Waals surface area contributed by atoms with E-state index in [0.717, 1.165) is 32.1 Å². The largest absolute Gasteiger partial charge is 0.467 e. The van der Waals surface area contributed by atoms with Crippen molar-refractivity contribution in [2.45, 2.75) is 44.6 Å². The molecule has 1 aliphatic carbocycles. The molecule has 1 aromatic rings. The van der Waals surface area contributed by atoms with Crippen molar-refractivity contribution in [2.75, 3.05) is 12.4 Å². The van der Waals surface area contributed by atoms with Crippen molar-refractivity contribution in [1.82, 2.24) is 0 Å². The molecule has 2 unspecified atom stereocenters. The number of hydrogen-bond donors (Lipinski definition) is 1. The molecule has 0 aromatic heterocycles. The zero-order valence-corrected chi connectivity index (χ0v) is 12.1. The van der Waals surface area contributed by atoms with Gasteiger partial charge in [-0.2, -0.15) is 0 Å². The fourth-order valence-corrected chi connectivity index (χ4v) is 3.13. The SMILES string of the molecule is CCC1CCCC(Nc2cccc(F)c2)(C(=O)OC)C1. The molecule has 1 saturated carbocycles. The van der Waals surface area contributed by atoms with Crippen LogP contribution in [0.2, 0.25) is 0 Å². The molecule has 3 nitrogen and oxygen atoms in total. The molecule has 0 amide bonds. The molecule has 0 aliphatic heterocycles. The predicted octanol–water partition coefficient (Wildman–Crippen LogP) is 3.75. The van der Waals surface area contributed by atoms with Crippen LogP contribution in [0.1, 0.15) is 39.0 Å². The monoisotopic (exact) mass is 279 g/mol. The van der Waals surface area contributed by atoms with Crippen LogP contribution in [-0.4, -0.2) is 18.6 Å². The average molecular weight is 279 g/mol. The van der Waals surface area contributed by atoms with Gasteiger partial charge in [-0.15, -0.1) is 0 Å². The van der Waals surface area contributed by atoms with Crippen LogP contribution in [0.3, 0.4) is 0 Å². The number of carbonyl (C=O) groups is 1. The second kappa shape index (κ2) is 6.25. The zero-order chi connectivity index (χ0) is 14.6. The van der Waals surface area contributed by atoms with Gasteiger partial charge >= 0.3 is 5.97 Å². The Morgan fingerprint density at radius 1 is 1.55 bits per heavy atom. The van der Waals surface area contributed by atoms with Crippen molar-refractivity contribution in [1.29, 1.82) is 0 Å². The zero-order valence-electron chi connectivity index (χ0n) is 12.1. The molecule has 0 spiro atoms. The third-order valence-corrected chi connectivity index (χ3v) is 4.21. The lowest BCUT2D eigenvalue weighted by Gasteiger charge is -2.39. The molecule has 0 heterocycles. The molecule has 2 rings (SSSR count). The fourth-order valence-electron chi connectivity index (χ4n) is 3.13. The summed E-state index contributed by atoms with van der Waals surface area (Å²) in [5.74, 6) is -0.0540. The third kappa shape index (κ3) is 3.11. The molecular weight excluding hydrogens is 257 g/mol. The highest BCUT2D eigenvalue weighted by Gasteiger charge is 2.43. The van der Waals surface area contributed by atoms with E-state index in [2.05, 4.69) is 12.2 Å². The lowest BCUT2D eigenvalue weighted by atomic mass is 9.74. The van der Waals surface area contributed by atoms with Gasteiger partial charge in [0.25, 0.3) is 0 Å². The number of methoxy groups -OCH3 is 1. The second-order valence-corrected chi connectivity index (χ2v) is 5.58. The number of nitrogens with one attached hydrogen (secondary N) is 1. The Bertz CT molecular complexity index is 477. The Hall–Kier alpha value is -1.58. The Morgan fingerprint density at radius 2 is 2.35 bits per heavy atom. The smallest absolute Gasteiger partial charge is 0.331 e. The summed E-state index contributed by atoms with van der Waals surface area (Å²) >= 11 is 0. The van der Waals surface area contributed by atoms with Crippen LogP contribution < -0.4 is 5.32 Å². The van der Waals surface area contributed by atoms with E-state index in [1.54, 1.807) is 12.1 Å². The van der Waals surface area contributed by atoms with E-state index in [9.17, 15) is 9.18 Å². The molecular formula is C16H22FNO2. The maximum atomic E-state index is 13.3. The third-order valence-electron chi connectivity index (χ3n) is 4.21. The van der Waals surface area contributed by atoms with Gasteiger partial charge in [-0.1, -0.05) is 32.3 Å². The number of ether oxygens (including phenoxy) is 1. The average Bonchev–Trinajstić information content (AvgIpc) is 2.46. The molecule has 1 aliphatic rings. The number of esters is 1. The minimum Gasteiger partial charge on any atom is -0.467 e. The molecule has 1 N–H and O–H groups in total. The van der Waals surface area contributed by atoms with E-state index in [-0.39, 0.29) is 11.8 Å². The molecule has 4 heteroatoms. The Morgan fingerprint density at radius 3 is 3.00 bits per heavy atom. The van der Waals surface area contributed by atoms with E-state index in [0.29, 0.717) is 11.6 Å². The van der Waals surface area contributed by atoms with Gasteiger partial charge in [0.1, 0.15) is 11.4 Å². The van der Waals surface area contributed by atoms with Crippen molar-refractivity contribution in [3.05, 3.63) is 30.1 Å². The minimum atomic E-state index is -0.721. The fraction of sp³-hybridized carbons (Fsp3) is 0.562. The lowest BCUT2D eigenvalue weighted by molar-refractivity contribution is -0.147. The highest BCUT2D eigenvalue weighted by molar-refractivity contribution is 5.84. The van der Waals surface area contributed by atoms with Gasteiger partial charge in [0.05, 0.1) is 7.11 Å². The quantitative estimate of drug-likeness (QED) is 0.853. The molecule has 0 radical (unpaired) electrons. The highest BCUT2D eigenvalue weighted by atomic mass is 19.1. The Balaban J connectivity index is 2.25. The van der Waals surface area contributed by atoms with E-state index in [1.165, 1.54) is 19.2 Å². The van der Waals surface area contributed by atoms with Crippen LogP contribution in [0.25, 0.3) is 0 Å². The van der Waals surface area contributed by atoms with Crippen LogP contribution in [0.5, 0.6) is 0 Å². The van der Waals surface area contributed by atoms with Gasteiger partial charge in [-0.05, 0) is 37.0 Å². The van der Waals surface area contributed by atoms with Gasteiger partial charge in [-0.3, -0.25) is 0 Å². The van der Waals surface area contributed by atoms with E-state index < -0.39 is 5.54 Å². The van der Waals surface area contributed by atoms with Gasteiger partial charge in [-0.25, -0.2) is 9.18 Å². The summed E-state index contributed by atoms with van der Waals surface area (Å²) < 4.78 is 18.3. The first-order valence-corrected chi connectivity index (χ1v) is 7.22. The number of halogens is 1. The van der Waals surface area contributed by atoms with Crippen molar-refractivity contribution in [3.63, 3.8) is 0 Å². The number of benzene rings is 1. The summed E-state index contributed by atoms with van der Waals surface area (Å²) in [6.45, 7) is 2.14. The van der Waals surface area contributed by atoms with E-state index >= 15 is 0 Å². The normalized spacial score (nSPS) is 26.1. The molecule has 0 bridgehead atoms. The second-order valence-electron chi connectivity index (χ2n) is 5.58. The highest BCUT2D eigenvalue weighted by Crippen LogP contribution is 2.37. The van der Waals surface area contributed by atoms with E-state index in [4.69, 9.17) is 4.74 Å². The summed E-state index contributed by atoms with van der Waals surface area (Å²) in [4.78, 5) is 12.3. The summed E-state index contributed by atoms with van der Waals surface area (Å²) in [6, 6.07) is 6.23. The van der Waals surface area contributed by atoms with Crippen LogP contribution in [-0.2, 0) is 9.53 Å². The molecule has 1 aromatic carbocycles. The van der Waals surface area contributed by atoms with Crippen molar-refractivity contribution in [3.8, 4) is 0 Å². The lowest BCUT2D eigenvalue weighted by Crippen LogP contribution is -2.50. The molecule has 0 saturated heterocycles. The number of anilines is 1. The number of hydrogen-bond acceptors (Lipinski definition) is 3. The van der Waals surface area contributed by atoms with Crippen molar-refractivity contribution >= 4 is 11.7 Å². The number of rotatable bonds is 4. The van der Waals surface area contributed by atoms with Gasteiger partial charge in [0.15, 0.2) is 0 Å². The molecule has 110 valence electrons. The molecule has 1 fully saturated rings. The summed E-state index contributed by atoms with van der Waals surface area (Å²) in [7, 11) is 1.41. The summed E-state index contributed by atoms with van der Waals surface area (Å²) in [6.07, 6.45) is 4.64. The van der Waals surface area contributed by atoms with Crippen molar-refractivity contribution < 1.29 is 13.9 Å². The van der Waals surface area contributed by atoms with Crippen LogP contribution in [0.4, 0.5) is 10.1 Å². The van der Waals surface area contributed by atoms with Crippen LogP contribution in [0, 0.1) is 11.7 Å². The van der Waals surface area contributed by atoms with E-state index in [1.807, 2.05) is 0 Å². The first-order chi connectivity index (χ1) is 9.59. The first-order valence-electron chi connectivity index (χ1n) is 7.22. The Labute approximate surface area is 119 Å². The number of carbonyl (C=O) groups excluding carboxylic acids is 1. The summed E-state index contributed by atoms with van der Waals surface area (Å²) in [5, 5.41) is 3.24. The van der Waals surface area contributed by atoms with Crippen molar-refractivity contribution in [2.24, 2.45) is 5.92 Å².